The van der Waals surface area contributed by atoms with Crippen molar-refractivity contribution in [1.82, 2.24) is 25.1 Å². The number of carbonyl (C=O) groups excluding carboxylic acids is 1. The number of aromatic nitrogens is 4. The number of ether oxygens (including phenoxy) is 1. The van der Waals surface area contributed by atoms with Gasteiger partial charge < -0.3 is 19.9 Å². The average molecular weight is 509 g/mol. The Labute approximate surface area is 194 Å². The van der Waals surface area contributed by atoms with Gasteiger partial charge in [-0.05, 0) is 6.92 Å². The number of rotatable bonds is 7. The Morgan fingerprint density at radius 3 is 2.31 bits per heavy atom. The predicted octanol–water partition coefficient (Wildman–Crippen LogP) is 1.76. The van der Waals surface area contributed by atoms with E-state index in [0.29, 0.717) is 31.5 Å². The van der Waals surface area contributed by atoms with Gasteiger partial charge in [-0.2, -0.15) is 31.4 Å². The Bertz CT molecular complexity index is 1070. The number of alkyl halides is 6. The molecular weight excluding hydrogens is 488 g/mol. The van der Waals surface area contributed by atoms with Crippen LogP contribution < -0.4 is 15.8 Å². The van der Waals surface area contributed by atoms with Crippen LogP contribution in [0, 0.1) is 0 Å². The van der Waals surface area contributed by atoms with Crippen LogP contribution in [0.25, 0.3) is 0 Å². The highest BCUT2D eigenvalue weighted by molar-refractivity contribution is 5.77. The maximum absolute atomic E-state index is 12.8. The van der Waals surface area contributed by atoms with Gasteiger partial charge in [0.05, 0.1) is 12.2 Å². The summed E-state index contributed by atoms with van der Waals surface area (Å²) in [4.78, 5) is 34.3. The summed E-state index contributed by atoms with van der Waals surface area (Å²) in [5.74, 6) is -0.404. The first-order valence-corrected chi connectivity index (χ1v) is 10.3. The van der Waals surface area contributed by atoms with Crippen molar-refractivity contribution in [2.24, 2.45) is 0 Å². The second-order valence-electron chi connectivity index (χ2n) is 7.69. The van der Waals surface area contributed by atoms with E-state index >= 15 is 0 Å². The average Bonchev–Trinajstić information content (AvgIpc) is 2.79. The van der Waals surface area contributed by atoms with E-state index in [1.54, 1.807) is 16.9 Å². The Balaban J connectivity index is 1.42. The zero-order chi connectivity index (χ0) is 25.8. The topological polar surface area (TPSA) is 116 Å². The molecule has 3 heterocycles. The van der Waals surface area contributed by atoms with Gasteiger partial charge in [0, 0.05) is 50.7 Å². The number of nitrogens with one attached hydrogen (secondary N) is 2. The lowest BCUT2D eigenvalue weighted by atomic mass is 10.2. The van der Waals surface area contributed by atoms with E-state index in [-0.39, 0.29) is 44.0 Å². The fraction of sp³-hybridized carbons (Fsp3) is 0.526. The van der Waals surface area contributed by atoms with E-state index in [9.17, 15) is 35.9 Å². The number of carbonyl (C=O) groups is 1. The van der Waals surface area contributed by atoms with Crippen LogP contribution in [0.5, 0.6) is 0 Å². The smallest absolute Gasteiger partial charge is 0.370 e. The molecule has 0 bridgehead atoms. The van der Waals surface area contributed by atoms with Gasteiger partial charge in [0.15, 0.2) is 0 Å². The van der Waals surface area contributed by atoms with Crippen LogP contribution >= 0.6 is 0 Å². The molecule has 1 amide bonds. The lowest BCUT2D eigenvalue weighted by Crippen LogP contribution is -2.50. The molecule has 3 rings (SSSR count). The Hall–Kier alpha value is -3.43. The maximum Gasteiger partial charge on any atom is 0.421 e. The number of H-pyrrole nitrogens is 1. The zero-order valence-electron chi connectivity index (χ0n) is 18.3. The summed E-state index contributed by atoms with van der Waals surface area (Å²) < 4.78 is 81.7. The van der Waals surface area contributed by atoms with E-state index in [0.717, 1.165) is 0 Å². The molecule has 0 saturated carbocycles. The van der Waals surface area contributed by atoms with Crippen LogP contribution in [-0.4, -0.2) is 76.4 Å². The quantitative estimate of drug-likeness (QED) is 0.543. The van der Waals surface area contributed by atoms with Gasteiger partial charge in [-0.25, -0.2) is 15.1 Å². The minimum atomic E-state index is -4.83. The number of nitrogens with zero attached hydrogens (tertiary/aromatic N) is 5. The molecule has 2 aromatic rings. The SMILES string of the molecule is C[C@@H](COCC(=O)N1CCN(c2ncc(C(F)(F)F)cn2)CC1)Nc1cc(C(F)(F)F)c(=O)[nH]n1. The first-order chi connectivity index (χ1) is 16.3. The van der Waals surface area contributed by atoms with Gasteiger partial charge in [0.2, 0.25) is 11.9 Å². The number of anilines is 2. The number of hydrogen-bond acceptors (Lipinski definition) is 8. The van der Waals surface area contributed by atoms with E-state index in [1.807, 2.05) is 0 Å². The standard InChI is InChI=1S/C19H21F6N7O3/c1-11(28-14-6-13(19(23,24)25)16(34)30-29-14)9-35-10-15(33)31-2-4-32(5-3-31)17-26-7-12(8-27-17)18(20,21)22/h6-8,11H,2-5,9-10H2,1H3,(H,28,29)(H,30,34)/t11-/m0/s1. The Kier molecular flexibility index (Phi) is 7.82. The maximum atomic E-state index is 12.8. The summed E-state index contributed by atoms with van der Waals surface area (Å²) in [5, 5.41) is 7.93. The first-order valence-electron chi connectivity index (χ1n) is 10.3. The van der Waals surface area contributed by atoms with Crippen molar-refractivity contribution in [3.63, 3.8) is 0 Å². The third-order valence-electron chi connectivity index (χ3n) is 4.98. The minimum Gasteiger partial charge on any atom is -0.370 e. The molecule has 1 fully saturated rings. The molecule has 0 aromatic carbocycles. The minimum absolute atomic E-state index is 0.0345. The molecule has 0 spiro atoms. The fourth-order valence-electron chi connectivity index (χ4n) is 3.19. The third kappa shape index (κ3) is 7.03. The summed E-state index contributed by atoms with van der Waals surface area (Å²) in [6, 6.07) is 0.0522. The van der Waals surface area contributed by atoms with Gasteiger partial charge in [0.1, 0.15) is 18.0 Å². The molecule has 1 aliphatic rings. The van der Waals surface area contributed by atoms with Gasteiger partial charge >= 0.3 is 12.4 Å². The van der Waals surface area contributed by atoms with Crippen LogP contribution in [0.1, 0.15) is 18.1 Å². The summed E-state index contributed by atoms with van der Waals surface area (Å²) in [5.41, 5.74) is -3.70. The van der Waals surface area contributed by atoms with Crippen LogP contribution in [0.3, 0.4) is 0 Å². The monoisotopic (exact) mass is 509 g/mol. The van der Waals surface area contributed by atoms with Gasteiger partial charge in [-0.1, -0.05) is 0 Å². The van der Waals surface area contributed by atoms with Crippen molar-refractivity contribution < 1.29 is 35.9 Å². The van der Waals surface area contributed by atoms with Crippen molar-refractivity contribution in [3.05, 3.63) is 39.9 Å². The molecule has 192 valence electrons. The molecule has 2 aromatic heterocycles. The lowest BCUT2D eigenvalue weighted by molar-refractivity contribution is -0.139. The Morgan fingerprint density at radius 2 is 1.74 bits per heavy atom. The van der Waals surface area contributed by atoms with Crippen LogP contribution in [0.2, 0.25) is 0 Å². The van der Waals surface area contributed by atoms with Crippen molar-refractivity contribution in [2.45, 2.75) is 25.3 Å². The molecule has 1 saturated heterocycles. The highest BCUT2D eigenvalue weighted by Gasteiger charge is 2.35. The van der Waals surface area contributed by atoms with Crippen molar-refractivity contribution in [2.75, 3.05) is 49.6 Å². The Morgan fingerprint density at radius 1 is 1.11 bits per heavy atom. The van der Waals surface area contributed by atoms with E-state index in [2.05, 4.69) is 20.4 Å². The van der Waals surface area contributed by atoms with Crippen molar-refractivity contribution in [3.8, 4) is 0 Å². The molecule has 0 radical (unpaired) electrons. The molecule has 35 heavy (non-hydrogen) atoms. The number of aromatic amines is 1. The molecule has 1 aliphatic heterocycles. The molecule has 1 atom stereocenters. The van der Waals surface area contributed by atoms with Gasteiger partial charge in [-0.15, -0.1) is 0 Å². The molecule has 0 unspecified atom stereocenters. The van der Waals surface area contributed by atoms with Crippen molar-refractivity contribution in [1.29, 1.82) is 0 Å². The fourth-order valence-corrected chi connectivity index (χ4v) is 3.19. The van der Waals surface area contributed by atoms with Gasteiger partial charge in [-0.3, -0.25) is 9.59 Å². The molecule has 0 aliphatic carbocycles. The van der Waals surface area contributed by atoms with Crippen LogP contribution in [-0.2, 0) is 21.9 Å². The number of piperazine rings is 1. The van der Waals surface area contributed by atoms with Crippen molar-refractivity contribution >= 4 is 17.7 Å². The second-order valence-corrected chi connectivity index (χ2v) is 7.69. The number of hydrogen-bond donors (Lipinski definition) is 2. The molecule has 16 heteroatoms. The summed E-state index contributed by atoms with van der Waals surface area (Å²) in [6.07, 6.45) is -7.95. The highest BCUT2D eigenvalue weighted by Crippen LogP contribution is 2.29. The van der Waals surface area contributed by atoms with Gasteiger partial charge in [0.25, 0.3) is 5.56 Å². The summed E-state index contributed by atoms with van der Waals surface area (Å²) in [7, 11) is 0. The summed E-state index contributed by atoms with van der Waals surface area (Å²) in [6.45, 7) is 2.46. The molecule has 2 N–H and O–H groups in total. The normalized spacial score (nSPS) is 15.7. The molecule has 10 nitrogen and oxygen atoms in total. The third-order valence-corrected chi connectivity index (χ3v) is 4.98. The van der Waals surface area contributed by atoms with E-state index in [1.165, 1.54) is 4.90 Å². The van der Waals surface area contributed by atoms with E-state index in [4.69, 9.17) is 4.74 Å². The summed E-state index contributed by atoms with van der Waals surface area (Å²) >= 11 is 0. The number of halogens is 6. The highest BCUT2D eigenvalue weighted by atomic mass is 19.4. The second kappa shape index (κ2) is 10.5. The van der Waals surface area contributed by atoms with E-state index < -0.39 is 35.1 Å². The predicted molar refractivity (Wildman–Crippen MR) is 110 cm³/mol. The zero-order valence-corrected chi connectivity index (χ0v) is 18.3. The largest absolute Gasteiger partial charge is 0.421 e. The number of amides is 1. The van der Waals surface area contributed by atoms with Crippen LogP contribution in [0.4, 0.5) is 38.1 Å². The molecular formula is C19H21F6N7O3. The van der Waals surface area contributed by atoms with Crippen LogP contribution in [0.15, 0.2) is 23.3 Å². The first kappa shape index (κ1) is 26.2. The lowest BCUT2D eigenvalue weighted by Gasteiger charge is -2.34.